The van der Waals surface area contributed by atoms with Gasteiger partial charge in [0.15, 0.2) is 6.29 Å². The van der Waals surface area contributed by atoms with Gasteiger partial charge in [-0.25, -0.2) is 9.59 Å². The van der Waals surface area contributed by atoms with Gasteiger partial charge in [0.25, 0.3) is 9.03 Å². The maximum absolute atomic E-state index is 11.8. The van der Waals surface area contributed by atoms with Gasteiger partial charge in [-0.05, 0) is 254 Å². The quantitative estimate of drug-likeness (QED) is 0.0125. The summed E-state index contributed by atoms with van der Waals surface area (Å²) in [7, 11) is 8.45. The molecule has 4 atom stereocenters. The van der Waals surface area contributed by atoms with Gasteiger partial charge in [-0.3, -0.25) is 9.59 Å². The van der Waals surface area contributed by atoms with Crippen LogP contribution in [-0.2, 0) is 55.6 Å². The number of carbonyl (C=O) groups is 4. The van der Waals surface area contributed by atoms with Crippen LogP contribution in [-0.4, -0.2) is 171 Å². The van der Waals surface area contributed by atoms with Crippen molar-refractivity contribution in [1.29, 1.82) is 31.6 Å². The second-order valence-electron chi connectivity index (χ2n) is 29.3. The van der Waals surface area contributed by atoms with Crippen LogP contribution in [0.3, 0.4) is 0 Å². The zero-order valence-electron chi connectivity index (χ0n) is 75.2. The number of anilines is 3. The number of carbonyl (C=O) groups excluding carboxylic acids is 4. The number of nitriles is 6. The van der Waals surface area contributed by atoms with Crippen LogP contribution in [0.1, 0.15) is 218 Å². The van der Waals surface area contributed by atoms with Gasteiger partial charge >= 0.3 is 84.6 Å². The average molecular weight is 1930 g/mol. The number of aliphatic hydroxyl groups excluding tert-OH is 1. The summed E-state index contributed by atoms with van der Waals surface area (Å²) >= 11 is 25.0. The van der Waals surface area contributed by atoms with Crippen LogP contribution in [0, 0.1) is 68.0 Å². The van der Waals surface area contributed by atoms with Crippen molar-refractivity contribution >= 4 is 184 Å². The number of aromatic nitrogens is 1. The molecule has 1 aromatic heterocycles. The molecule has 14 rings (SSSR count). The number of nitrogens with two attached hydrogens (primary N) is 1. The van der Waals surface area contributed by atoms with Gasteiger partial charge in [0.05, 0.1) is 128 Å². The average Bonchev–Trinajstić information content (AvgIpc) is 1.65. The number of halogens is 5. The molecule has 6 aromatic carbocycles. The minimum atomic E-state index is -1.96. The molecule has 0 amide bonds. The van der Waals surface area contributed by atoms with Crippen LogP contribution in [0.25, 0.3) is 28.4 Å². The summed E-state index contributed by atoms with van der Waals surface area (Å²) in [5.41, 5.74) is 16.9. The minimum absolute atomic E-state index is 0. The summed E-state index contributed by atoms with van der Waals surface area (Å²) in [6.07, 6.45) is 19.0. The second-order valence-corrected chi connectivity index (χ2v) is 34.6. The fourth-order valence-corrected chi connectivity index (χ4v) is 13.6. The molecular formula is C92H111B2Cl4ILiMgN13O11S. The van der Waals surface area contributed by atoms with Crippen molar-refractivity contribution in [2.45, 2.75) is 178 Å². The summed E-state index contributed by atoms with van der Waals surface area (Å²) in [6, 6.07) is 47.9. The molecule has 0 bridgehead atoms. The monoisotopic (exact) mass is 1930 g/mol. The van der Waals surface area contributed by atoms with Crippen molar-refractivity contribution in [3.8, 4) is 36.4 Å². The Bertz CT molecular complexity index is 5060. The number of fused-ring (bicyclic) bond motifs is 6. The van der Waals surface area contributed by atoms with Crippen LogP contribution in [0.2, 0.25) is 0 Å². The van der Waals surface area contributed by atoms with Crippen LogP contribution < -0.4 is 39.4 Å². The molecule has 126 heavy (non-hydrogen) atoms. The van der Waals surface area contributed by atoms with E-state index in [9.17, 15) is 24.3 Å². The predicted molar refractivity (Wildman–Crippen MR) is 516 cm³/mol. The Kier molecular flexibility index (Phi) is 57.1. The fourth-order valence-electron chi connectivity index (χ4n) is 13.6. The van der Waals surface area contributed by atoms with E-state index in [4.69, 9.17) is 108 Å². The molecule has 5 aliphatic heterocycles. The Balaban J connectivity index is -0.00000139. The number of hydrogen-bond donors (Lipinski definition) is 3. The van der Waals surface area contributed by atoms with Gasteiger partial charge in [-0.1, -0.05) is 109 Å². The number of esters is 3. The number of ether oxygens (including phenoxy) is 6. The number of alkyl halides is 4. The molecule has 34 heteroatoms. The van der Waals surface area contributed by atoms with Gasteiger partial charge in [0.1, 0.15) is 5.92 Å². The molecular weight excluding hydrogens is 1820 g/mol. The third kappa shape index (κ3) is 35.9. The Morgan fingerprint density at radius 1 is 0.643 bits per heavy atom. The first-order chi connectivity index (χ1) is 58.3. The number of thiol groups is 1. The first kappa shape index (κ1) is 118. The topological polar surface area (TPSA) is 363 Å². The summed E-state index contributed by atoms with van der Waals surface area (Å²) in [6.45, 7) is 26.2. The van der Waals surface area contributed by atoms with Crippen LogP contribution in [0.4, 0.5) is 17.1 Å². The number of nitrogens with one attached hydrogen (secondary N) is 1. The van der Waals surface area contributed by atoms with Gasteiger partial charge in [0.2, 0.25) is 0 Å². The first-order valence-corrected chi connectivity index (χ1v) is 42.4. The molecule has 4 N–H and O–H groups in total. The van der Waals surface area contributed by atoms with E-state index in [0.29, 0.717) is 70.6 Å². The van der Waals surface area contributed by atoms with Crippen molar-refractivity contribution in [2.24, 2.45) is 10.1 Å². The maximum atomic E-state index is 11.8. The Morgan fingerprint density at radius 3 is 1.52 bits per heavy atom. The fraction of sp³-hybridized carbons (Fsp3) is 0.413. The van der Waals surface area contributed by atoms with Crippen molar-refractivity contribution < 1.29 is 74.4 Å². The molecule has 7 aromatic rings. The number of hydrogen-bond acceptors (Lipinski definition) is 23. The van der Waals surface area contributed by atoms with Gasteiger partial charge in [-0.2, -0.15) is 31.6 Å². The molecule has 1 saturated heterocycles. The molecule has 24 nitrogen and oxygen atoms in total. The van der Waals surface area contributed by atoms with Crippen molar-refractivity contribution in [3.63, 3.8) is 0 Å². The number of aliphatic hydroxyl groups is 1. The van der Waals surface area contributed by atoms with Crippen molar-refractivity contribution in [2.75, 3.05) is 82.1 Å². The standard InChI is InChI=1S/C18H24N2O2.C14H16N2O2.C14H14N2O2.C13H16N2O.C12H9NO2.C10H7N.C5H8O.C3H7I.C2Cl4O.CH4.BHNS.B.Li.Mg.H3N2.2H/c1-13(2)20-11-15(12-22-18-5-3-4-8-21-18)16-9-14(10-19)6-7-17(16)20;2*1-9(2)16-8-12(14(17)18-3)11-6-10(7-15)4-5-13(11)16;1-9(2)15-7-11(8-16)12-5-10(6-14)3-4-13(12)15;1-15-12(14)10-5-4-9-3-2-8(7-13)6-11(9)10;11-7-8-4-5-9-2-1-3-10(9)6-8;1-2-4-6-5-3-1;1-3(2)4;3-1(7)2(4,5)6;;1-2-3;;;;1-2;;/h6-7,9,13,15,18H,3-5,8,11-12H2,1-2H3;4-6,9,12H,8H2,1-3H3;4-6,8-9H,1-3H3;3-5,9,11,16H,7-8H2,1-2H3;2-3,5-6H,4H2,1H3;1,3-6H,2H2;2,4H,1,3,5H2;3H,1-2H3;;1H4;3H;;;;1H,2H2;;/q;;;;;;;;;;;;+1;+2;3*-1. The first-order valence-electron chi connectivity index (χ1n) is 39.3. The van der Waals surface area contributed by atoms with Gasteiger partial charge in [-0.15, -0.1) is 0 Å². The summed E-state index contributed by atoms with van der Waals surface area (Å²) < 4.78 is 34.4. The molecule has 0 saturated carbocycles. The minimum Gasteiger partial charge on any atom is -1.00 e. The Hall–Kier alpha value is -8.37. The molecule has 4 radical (unpaired) electrons. The van der Waals surface area contributed by atoms with Crippen molar-refractivity contribution in [3.05, 3.63) is 224 Å². The molecule has 0 spiro atoms. The van der Waals surface area contributed by atoms with E-state index in [1.54, 1.807) is 48.9 Å². The molecule has 7 aliphatic rings. The van der Waals surface area contributed by atoms with E-state index in [1.165, 1.54) is 63.0 Å². The third-order valence-corrected chi connectivity index (χ3v) is 20.5. The van der Waals surface area contributed by atoms with E-state index < -0.39 is 9.03 Å². The number of benzene rings is 6. The smallest absolute Gasteiger partial charge is 1.00 e. The van der Waals surface area contributed by atoms with E-state index >= 15 is 0 Å². The predicted octanol–water partition coefficient (Wildman–Crippen LogP) is 16.5. The Labute approximate surface area is 817 Å². The zero-order chi connectivity index (χ0) is 90.9. The van der Waals surface area contributed by atoms with Gasteiger partial charge in [0, 0.05) is 109 Å². The van der Waals surface area contributed by atoms with Crippen LogP contribution in [0.15, 0.2) is 144 Å². The summed E-state index contributed by atoms with van der Waals surface area (Å²) in [4.78, 5) is 51.6. The third-order valence-electron chi connectivity index (χ3n) is 19.4. The molecule has 660 valence electrons. The number of rotatable bonds is 11. The molecule has 2 aliphatic carbocycles. The second kappa shape index (κ2) is 61.2. The summed E-state index contributed by atoms with van der Waals surface area (Å²) in [5.74, 6) is 8.20. The molecule has 6 heterocycles. The largest absolute Gasteiger partial charge is 2.00 e. The van der Waals surface area contributed by atoms with Gasteiger partial charge < -0.3 is 67.3 Å². The normalized spacial score (nSPS) is 15.3. The van der Waals surface area contributed by atoms with E-state index in [1.807, 2.05) is 97.3 Å². The van der Waals surface area contributed by atoms with Crippen LogP contribution >= 0.6 is 81.8 Å². The van der Waals surface area contributed by atoms with E-state index in [-0.39, 0.29) is 109 Å². The number of nitrogens with zero attached hydrogens (tertiary/aromatic N) is 11. The Morgan fingerprint density at radius 2 is 1.10 bits per heavy atom. The maximum Gasteiger partial charge on any atom is 2.00 e. The molecule has 1 fully saturated rings. The van der Waals surface area contributed by atoms with E-state index in [0.717, 1.165) is 112 Å². The number of methoxy groups -OCH3 is 3. The summed E-state index contributed by atoms with van der Waals surface area (Å²) in [5, 5.41) is 62.4. The van der Waals surface area contributed by atoms with Crippen molar-refractivity contribution in [1.82, 2.24) is 4.57 Å². The number of allylic oxidation sites excluding steroid dienone is 3. The SMILES string of the molecule is C.C1=COCCC1.CC(C)I.CC(C)N1CC(CO)c2cc(C#N)ccc21.CC(C)N1CC(COC2CCCCO2)c2cc(C#N)ccc21.COC(=O)C1=CCc2ccc(C#N)cc21.COC(=O)C1CN(C(C)C)c2ccc(C#N)cc21.COC(=O)c1cn(C(C)C)c2ccc(C#N)cc12.N#Cc1ccc2c(c1)C=CC2.O=C(Cl)C(Cl)(Cl)Cl.[B].[B]=NS.[H-].[H-].[Li+].[Mg+2].[NH-]N. The molecule has 4 unspecified atom stereocenters. The van der Waals surface area contributed by atoms with E-state index in [2.05, 4.69) is 183 Å². The van der Waals surface area contributed by atoms with Crippen LogP contribution in [0.5, 0.6) is 0 Å². The zero-order valence-corrected chi connectivity index (χ0v) is 80.7.